The molecule has 1 atom stereocenters. The van der Waals surface area contributed by atoms with Crippen molar-refractivity contribution in [2.24, 2.45) is 0 Å². The van der Waals surface area contributed by atoms with Gasteiger partial charge in [-0.25, -0.2) is 17.2 Å². The fraction of sp³-hybridized carbons (Fsp3) is 0.714. The Morgan fingerprint density at radius 2 is 2.12 bits per heavy atom. The number of aromatic nitrogens is 2. The van der Waals surface area contributed by atoms with E-state index < -0.39 is 34.5 Å². The Hall–Kier alpha value is -1.09. The van der Waals surface area contributed by atoms with Crippen molar-refractivity contribution in [2.75, 3.05) is 6.26 Å². The van der Waals surface area contributed by atoms with Crippen LogP contribution in [0, 0.1) is 0 Å². The van der Waals surface area contributed by atoms with Crippen molar-refractivity contribution < 1.29 is 26.8 Å². The maximum Gasteiger partial charge on any atom is 0.264 e. The van der Waals surface area contributed by atoms with Crippen LogP contribution < -0.4 is 0 Å². The van der Waals surface area contributed by atoms with Crippen LogP contribution in [0.25, 0.3) is 0 Å². The minimum absolute atomic E-state index is 0.112. The van der Waals surface area contributed by atoms with Gasteiger partial charge in [0.25, 0.3) is 6.43 Å². The molecule has 0 bridgehead atoms. The van der Waals surface area contributed by atoms with Gasteiger partial charge >= 0.3 is 0 Å². The van der Waals surface area contributed by atoms with Crippen LogP contribution in [0.15, 0.2) is 4.52 Å². The fourth-order valence-corrected chi connectivity index (χ4v) is 1.52. The van der Waals surface area contributed by atoms with Crippen molar-refractivity contribution in [1.29, 1.82) is 0 Å². The zero-order valence-electron chi connectivity index (χ0n) is 8.30. The van der Waals surface area contributed by atoms with E-state index in [0.29, 0.717) is 0 Å². The monoisotopic (exact) mass is 256 g/mol. The standard InChI is InChI=1S/C7H10F2N2O4S/c1-16(13,14)3-5-10-6(15-11-5)2-4(12)7(8)9/h4,7,12H,2-3H2,1H3. The molecule has 0 fully saturated rings. The third-order valence-electron chi connectivity index (χ3n) is 1.58. The lowest BCUT2D eigenvalue weighted by Crippen LogP contribution is -2.20. The van der Waals surface area contributed by atoms with Crippen molar-refractivity contribution in [1.82, 2.24) is 10.1 Å². The molecule has 1 unspecified atom stereocenters. The second-order valence-corrected chi connectivity index (χ2v) is 5.42. The van der Waals surface area contributed by atoms with Gasteiger partial charge in [0, 0.05) is 6.26 Å². The van der Waals surface area contributed by atoms with Crippen molar-refractivity contribution >= 4 is 9.84 Å². The minimum Gasteiger partial charge on any atom is -0.387 e. The molecule has 1 rings (SSSR count). The number of sulfone groups is 1. The largest absolute Gasteiger partial charge is 0.387 e. The molecule has 0 amide bonds. The first-order valence-electron chi connectivity index (χ1n) is 4.23. The molecule has 0 spiro atoms. The zero-order valence-corrected chi connectivity index (χ0v) is 9.12. The van der Waals surface area contributed by atoms with Crippen molar-refractivity contribution in [3.8, 4) is 0 Å². The Kier molecular flexibility index (Phi) is 3.92. The number of aliphatic hydroxyl groups excluding tert-OH is 1. The topological polar surface area (TPSA) is 93.3 Å². The Balaban J connectivity index is 2.65. The molecule has 1 heterocycles. The molecule has 0 aliphatic heterocycles. The van der Waals surface area contributed by atoms with Crippen LogP contribution in [0.5, 0.6) is 0 Å². The Bertz CT molecular complexity index is 445. The van der Waals surface area contributed by atoms with Crippen LogP contribution in [0.4, 0.5) is 8.78 Å². The number of rotatable bonds is 5. The average Bonchev–Trinajstić information content (AvgIpc) is 2.49. The lowest BCUT2D eigenvalue weighted by molar-refractivity contribution is -0.00754. The number of hydrogen-bond donors (Lipinski definition) is 1. The summed E-state index contributed by atoms with van der Waals surface area (Å²) in [5, 5.41) is 12.1. The summed E-state index contributed by atoms with van der Waals surface area (Å²) in [6.07, 6.45) is -4.33. The molecule has 1 N–H and O–H groups in total. The number of nitrogens with zero attached hydrogens (tertiary/aromatic N) is 2. The van der Waals surface area contributed by atoms with Gasteiger partial charge in [-0.05, 0) is 0 Å². The van der Waals surface area contributed by atoms with E-state index in [-0.39, 0.29) is 11.7 Å². The molecule has 0 saturated heterocycles. The summed E-state index contributed by atoms with van der Waals surface area (Å²) in [6, 6.07) is 0. The number of halogens is 2. The lowest BCUT2D eigenvalue weighted by Gasteiger charge is -2.04. The van der Waals surface area contributed by atoms with Crippen LogP contribution in [-0.2, 0) is 22.0 Å². The van der Waals surface area contributed by atoms with Gasteiger partial charge in [-0.2, -0.15) is 4.98 Å². The van der Waals surface area contributed by atoms with Gasteiger partial charge in [-0.1, -0.05) is 5.16 Å². The highest BCUT2D eigenvalue weighted by atomic mass is 32.2. The van der Waals surface area contributed by atoms with E-state index in [2.05, 4.69) is 14.7 Å². The fourth-order valence-electron chi connectivity index (χ4n) is 0.934. The number of hydrogen-bond acceptors (Lipinski definition) is 6. The second kappa shape index (κ2) is 4.83. The van der Waals surface area contributed by atoms with E-state index in [9.17, 15) is 17.2 Å². The van der Waals surface area contributed by atoms with E-state index >= 15 is 0 Å². The normalized spacial score (nSPS) is 14.3. The molecule has 0 aliphatic carbocycles. The van der Waals surface area contributed by atoms with Gasteiger partial charge in [0.1, 0.15) is 11.9 Å². The first-order valence-corrected chi connectivity index (χ1v) is 6.29. The summed E-state index contributed by atoms with van der Waals surface area (Å²) in [7, 11) is -3.30. The number of alkyl halides is 2. The zero-order chi connectivity index (χ0) is 12.3. The van der Waals surface area contributed by atoms with E-state index in [4.69, 9.17) is 5.11 Å². The van der Waals surface area contributed by atoms with E-state index in [0.717, 1.165) is 6.26 Å². The van der Waals surface area contributed by atoms with Gasteiger partial charge in [-0.15, -0.1) is 0 Å². The summed E-state index contributed by atoms with van der Waals surface area (Å²) in [5.41, 5.74) is 0. The summed E-state index contributed by atoms with van der Waals surface area (Å²) < 4.78 is 50.1. The maximum atomic E-state index is 12.0. The maximum absolute atomic E-state index is 12.0. The molecule has 0 saturated carbocycles. The summed E-state index contributed by atoms with van der Waals surface area (Å²) in [5.74, 6) is -0.758. The van der Waals surface area contributed by atoms with Crippen LogP contribution >= 0.6 is 0 Å². The Morgan fingerprint density at radius 1 is 1.50 bits per heavy atom. The van der Waals surface area contributed by atoms with E-state index in [1.807, 2.05) is 0 Å². The van der Waals surface area contributed by atoms with Gasteiger partial charge in [0.15, 0.2) is 15.7 Å². The molecule has 9 heteroatoms. The molecule has 0 radical (unpaired) electrons. The third kappa shape index (κ3) is 4.19. The summed E-state index contributed by atoms with van der Waals surface area (Å²) in [6.45, 7) is 0. The highest BCUT2D eigenvalue weighted by Gasteiger charge is 2.21. The molecule has 16 heavy (non-hydrogen) atoms. The second-order valence-electron chi connectivity index (χ2n) is 3.28. The van der Waals surface area contributed by atoms with Gasteiger partial charge in [0.2, 0.25) is 5.89 Å². The first-order chi connectivity index (χ1) is 7.28. The number of aliphatic hydroxyl groups is 1. The molecule has 1 aromatic rings. The van der Waals surface area contributed by atoms with Crippen LogP contribution in [0.2, 0.25) is 0 Å². The smallest absolute Gasteiger partial charge is 0.264 e. The summed E-state index contributed by atoms with van der Waals surface area (Å²) >= 11 is 0. The van der Waals surface area contributed by atoms with Crippen molar-refractivity contribution in [2.45, 2.75) is 24.7 Å². The SMILES string of the molecule is CS(=O)(=O)Cc1noc(CC(O)C(F)F)n1. The van der Waals surface area contributed by atoms with Crippen LogP contribution in [0.1, 0.15) is 11.7 Å². The predicted molar refractivity (Wildman–Crippen MR) is 48.6 cm³/mol. The Labute approximate surface area is 90.2 Å². The van der Waals surface area contributed by atoms with Crippen LogP contribution in [-0.4, -0.2) is 42.5 Å². The van der Waals surface area contributed by atoms with Gasteiger partial charge in [-0.3, -0.25) is 0 Å². The van der Waals surface area contributed by atoms with Crippen molar-refractivity contribution in [3.63, 3.8) is 0 Å². The molecule has 0 aromatic carbocycles. The van der Waals surface area contributed by atoms with Crippen LogP contribution in [0.3, 0.4) is 0 Å². The molecular formula is C7H10F2N2O4S. The predicted octanol–water partition coefficient (Wildman–Crippen LogP) is -0.217. The Morgan fingerprint density at radius 3 is 2.62 bits per heavy atom. The van der Waals surface area contributed by atoms with E-state index in [1.165, 1.54) is 0 Å². The molecule has 1 aromatic heterocycles. The van der Waals surface area contributed by atoms with Gasteiger partial charge in [0.05, 0.1) is 6.42 Å². The first kappa shape index (κ1) is 13.0. The highest BCUT2D eigenvalue weighted by Crippen LogP contribution is 2.09. The molecular weight excluding hydrogens is 246 g/mol. The quantitative estimate of drug-likeness (QED) is 0.783. The lowest BCUT2D eigenvalue weighted by atomic mass is 10.2. The highest BCUT2D eigenvalue weighted by molar-refractivity contribution is 7.89. The molecule has 0 aliphatic rings. The average molecular weight is 256 g/mol. The van der Waals surface area contributed by atoms with E-state index in [1.54, 1.807) is 0 Å². The molecule has 92 valence electrons. The molecule has 6 nitrogen and oxygen atoms in total. The van der Waals surface area contributed by atoms with Crippen molar-refractivity contribution in [3.05, 3.63) is 11.7 Å². The van der Waals surface area contributed by atoms with Gasteiger partial charge < -0.3 is 9.63 Å². The third-order valence-corrected chi connectivity index (χ3v) is 2.36. The summed E-state index contributed by atoms with van der Waals surface area (Å²) in [4.78, 5) is 3.57. The minimum atomic E-state index is -3.30.